The number of alkyl halides is 3. The van der Waals surface area contributed by atoms with E-state index in [4.69, 9.17) is 5.73 Å². The minimum absolute atomic E-state index is 0.466. The summed E-state index contributed by atoms with van der Waals surface area (Å²) in [6, 6.07) is 8.40. The van der Waals surface area contributed by atoms with E-state index < -0.39 is 23.6 Å². The highest BCUT2D eigenvalue weighted by Crippen LogP contribution is 2.32. The lowest BCUT2D eigenvalue weighted by molar-refractivity contribution is -0.137. The number of nitrogens with two attached hydrogens (primary N) is 1. The van der Waals surface area contributed by atoms with Crippen molar-refractivity contribution in [3.63, 3.8) is 0 Å². The van der Waals surface area contributed by atoms with Gasteiger partial charge in [0.15, 0.2) is 0 Å². The first kappa shape index (κ1) is 13.4. The largest absolute Gasteiger partial charge is 0.416 e. The van der Waals surface area contributed by atoms with Gasteiger partial charge in [-0.2, -0.15) is 13.2 Å². The second kappa shape index (κ2) is 4.57. The van der Waals surface area contributed by atoms with Crippen LogP contribution >= 0.6 is 0 Å². The molecule has 19 heavy (non-hydrogen) atoms. The number of halogens is 3. The molecule has 0 bridgehead atoms. The Kier molecular flexibility index (Phi) is 3.22. The second-order valence-electron chi connectivity index (χ2n) is 4.44. The standard InChI is InChI=1S/C14H12F3NO/c1-8(13(18)19)9-2-3-11-7-12(14(15,16)17)5-4-10(11)6-9/h2-8H,1H3,(H2,18,19). The third-order valence-electron chi connectivity index (χ3n) is 3.12. The van der Waals surface area contributed by atoms with Gasteiger partial charge >= 0.3 is 6.18 Å². The molecule has 1 unspecified atom stereocenters. The van der Waals surface area contributed by atoms with Crippen LogP contribution in [0.4, 0.5) is 13.2 Å². The van der Waals surface area contributed by atoms with Gasteiger partial charge in [-0.05, 0) is 35.4 Å². The van der Waals surface area contributed by atoms with Gasteiger partial charge in [-0.3, -0.25) is 4.79 Å². The first-order chi connectivity index (χ1) is 8.79. The molecule has 0 spiro atoms. The van der Waals surface area contributed by atoms with Gasteiger partial charge in [0.1, 0.15) is 0 Å². The number of benzene rings is 2. The van der Waals surface area contributed by atoms with E-state index in [0.29, 0.717) is 16.3 Å². The van der Waals surface area contributed by atoms with Crippen molar-refractivity contribution in [1.82, 2.24) is 0 Å². The molecule has 0 aliphatic rings. The summed E-state index contributed by atoms with van der Waals surface area (Å²) < 4.78 is 37.7. The highest BCUT2D eigenvalue weighted by Gasteiger charge is 2.30. The Balaban J connectivity index is 2.49. The van der Waals surface area contributed by atoms with Crippen molar-refractivity contribution >= 4 is 16.7 Å². The van der Waals surface area contributed by atoms with Crippen molar-refractivity contribution in [2.45, 2.75) is 19.0 Å². The number of rotatable bonds is 2. The van der Waals surface area contributed by atoms with Crippen LogP contribution in [0.1, 0.15) is 24.0 Å². The fraction of sp³-hybridized carbons (Fsp3) is 0.214. The topological polar surface area (TPSA) is 43.1 Å². The molecule has 100 valence electrons. The third kappa shape index (κ3) is 2.70. The van der Waals surface area contributed by atoms with Gasteiger partial charge in [-0.1, -0.05) is 24.3 Å². The fourth-order valence-electron chi connectivity index (χ4n) is 1.87. The summed E-state index contributed by atoms with van der Waals surface area (Å²) in [6.45, 7) is 1.66. The Labute approximate surface area is 108 Å². The number of carbonyl (C=O) groups excluding carboxylic acids is 1. The summed E-state index contributed by atoms with van der Waals surface area (Å²) in [7, 11) is 0. The van der Waals surface area contributed by atoms with Gasteiger partial charge in [-0.25, -0.2) is 0 Å². The first-order valence-corrected chi connectivity index (χ1v) is 5.69. The van der Waals surface area contributed by atoms with Crippen LogP contribution in [0, 0.1) is 0 Å². The van der Waals surface area contributed by atoms with Gasteiger partial charge in [-0.15, -0.1) is 0 Å². The molecular formula is C14H12F3NO. The summed E-state index contributed by atoms with van der Waals surface area (Å²) in [5.41, 5.74) is 5.22. The lowest BCUT2D eigenvalue weighted by atomic mass is 9.96. The number of hydrogen-bond acceptors (Lipinski definition) is 1. The first-order valence-electron chi connectivity index (χ1n) is 5.69. The highest BCUT2D eigenvalue weighted by atomic mass is 19.4. The molecule has 0 aromatic heterocycles. The minimum Gasteiger partial charge on any atom is -0.369 e. The van der Waals surface area contributed by atoms with Crippen molar-refractivity contribution in [1.29, 1.82) is 0 Å². The molecule has 2 rings (SSSR count). The van der Waals surface area contributed by atoms with Crippen molar-refractivity contribution in [2.24, 2.45) is 5.73 Å². The monoisotopic (exact) mass is 267 g/mol. The molecule has 1 amide bonds. The molecule has 0 aliphatic heterocycles. The maximum atomic E-state index is 12.6. The predicted molar refractivity (Wildman–Crippen MR) is 66.6 cm³/mol. The molecule has 5 heteroatoms. The Morgan fingerprint density at radius 3 is 2.26 bits per heavy atom. The van der Waals surface area contributed by atoms with Crippen LogP contribution in [0.3, 0.4) is 0 Å². The average molecular weight is 267 g/mol. The maximum Gasteiger partial charge on any atom is 0.416 e. The van der Waals surface area contributed by atoms with E-state index in [0.717, 1.165) is 12.1 Å². The maximum absolute atomic E-state index is 12.6. The molecular weight excluding hydrogens is 255 g/mol. The predicted octanol–water partition coefficient (Wildman–Crippen LogP) is 3.45. The average Bonchev–Trinajstić information content (AvgIpc) is 2.35. The third-order valence-corrected chi connectivity index (χ3v) is 3.12. The van der Waals surface area contributed by atoms with Gasteiger partial charge in [0.25, 0.3) is 0 Å². The van der Waals surface area contributed by atoms with Crippen LogP contribution in [-0.2, 0) is 11.0 Å². The van der Waals surface area contributed by atoms with E-state index in [1.54, 1.807) is 25.1 Å². The highest BCUT2D eigenvalue weighted by molar-refractivity contribution is 5.87. The smallest absolute Gasteiger partial charge is 0.369 e. The van der Waals surface area contributed by atoms with Crippen molar-refractivity contribution in [3.8, 4) is 0 Å². The zero-order chi connectivity index (χ0) is 14.2. The number of amides is 1. The molecule has 0 aliphatic carbocycles. The van der Waals surface area contributed by atoms with Crippen LogP contribution in [-0.4, -0.2) is 5.91 Å². The molecule has 2 aromatic rings. The molecule has 0 saturated heterocycles. The van der Waals surface area contributed by atoms with Gasteiger partial charge in [0, 0.05) is 0 Å². The zero-order valence-electron chi connectivity index (χ0n) is 10.2. The quantitative estimate of drug-likeness (QED) is 0.889. The van der Waals surface area contributed by atoms with Crippen LogP contribution in [0.5, 0.6) is 0 Å². The van der Waals surface area contributed by atoms with Gasteiger partial charge < -0.3 is 5.73 Å². The molecule has 2 aromatic carbocycles. The van der Waals surface area contributed by atoms with Crippen LogP contribution in [0.2, 0.25) is 0 Å². The number of fused-ring (bicyclic) bond motifs is 1. The fourth-order valence-corrected chi connectivity index (χ4v) is 1.87. The minimum atomic E-state index is -4.35. The molecule has 1 atom stereocenters. The lowest BCUT2D eigenvalue weighted by Crippen LogP contribution is -2.18. The van der Waals surface area contributed by atoms with E-state index in [1.165, 1.54) is 6.07 Å². The zero-order valence-corrected chi connectivity index (χ0v) is 10.2. The SMILES string of the molecule is CC(C(N)=O)c1ccc2cc(C(F)(F)F)ccc2c1. The van der Waals surface area contributed by atoms with E-state index in [1.807, 2.05) is 0 Å². The summed E-state index contributed by atoms with van der Waals surface area (Å²) >= 11 is 0. The normalized spacial score (nSPS) is 13.5. The lowest BCUT2D eigenvalue weighted by Gasteiger charge is -2.11. The van der Waals surface area contributed by atoms with Gasteiger partial charge in [0.05, 0.1) is 11.5 Å². The second-order valence-corrected chi connectivity index (χ2v) is 4.44. The van der Waals surface area contributed by atoms with Crippen LogP contribution in [0.25, 0.3) is 10.8 Å². The number of primary amides is 1. The van der Waals surface area contributed by atoms with Crippen molar-refractivity contribution in [2.75, 3.05) is 0 Å². The number of hydrogen-bond donors (Lipinski definition) is 1. The van der Waals surface area contributed by atoms with E-state index in [9.17, 15) is 18.0 Å². The van der Waals surface area contributed by atoms with Gasteiger partial charge in [0.2, 0.25) is 5.91 Å². The van der Waals surface area contributed by atoms with E-state index in [2.05, 4.69) is 0 Å². The summed E-state index contributed by atoms with van der Waals surface area (Å²) in [4.78, 5) is 11.1. The van der Waals surface area contributed by atoms with Crippen molar-refractivity contribution in [3.05, 3.63) is 47.5 Å². The number of carbonyl (C=O) groups is 1. The van der Waals surface area contributed by atoms with Crippen molar-refractivity contribution < 1.29 is 18.0 Å². The summed E-state index contributed by atoms with van der Waals surface area (Å²) in [5.74, 6) is -0.932. The molecule has 0 radical (unpaired) electrons. The molecule has 0 fully saturated rings. The Hall–Kier alpha value is -2.04. The Bertz CT molecular complexity index is 634. The van der Waals surface area contributed by atoms with Crippen LogP contribution < -0.4 is 5.73 Å². The summed E-state index contributed by atoms with van der Waals surface area (Å²) in [5, 5.41) is 1.13. The molecule has 0 saturated carbocycles. The molecule has 2 nitrogen and oxygen atoms in total. The molecule has 2 N–H and O–H groups in total. The Morgan fingerprint density at radius 1 is 1.11 bits per heavy atom. The molecule has 0 heterocycles. The summed E-state index contributed by atoms with van der Waals surface area (Å²) in [6.07, 6.45) is -4.35. The van der Waals surface area contributed by atoms with Crippen LogP contribution in [0.15, 0.2) is 36.4 Å². The Morgan fingerprint density at radius 2 is 1.68 bits per heavy atom. The van der Waals surface area contributed by atoms with E-state index >= 15 is 0 Å². The van der Waals surface area contributed by atoms with E-state index in [-0.39, 0.29) is 0 Å².